The smallest absolute Gasteiger partial charge is 0.229 e. The SMILES string of the molecule is CN1CC(F)(c2cc(C3CC3)cn3cc(CNc4ccnc(NC(=O)[C@H]5C[C@@H]5c5cccc(Cl)c5)c4)nc23)C1. The lowest BCUT2D eigenvalue weighted by Crippen LogP contribution is -2.54. The van der Waals surface area contributed by atoms with Gasteiger partial charge in [0.15, 0.2) is 5.67 Å². The lowest BCUT2D eigenvalue weighted by Gasteiger charge is -2.42. The van der Waals surface area contributed by atoms with Gasteiger partial charge in [-0.3, -0.25) is 9.69 Å². The molecule has 200 valence electrons. The number of nitrogens with zero attached hydrogens (tertiary/aromatic N) is 4. The van der Waals surface area contributed by atoms with Crippen molar-refractivity contribution < 1.29 is 9.18 Å². The predicted molar refractivity (Wildman–Crippen MR) is 150 cm³/mol. The number of anilines is 2. The van der Waals surface area contributed by atoms with Crippen LogP contribution in [0.15, 0.2) is 61.1 Å². The molecule has 1 amide bonds. The molecule has 4 heterocycles. The molecule has 7 nitrogen and oxygen atoms in total. The van der Waals surface area contributed by atoms with Crippen LogP contribution in [0.25, 0.3) is 5.65 Å². The standard InChI is InChI=1S/C30H30ClFN6O/c1-37-16-30(32,17-37)26-10-20(18-5-6-18)14-38-15-23(35-28(26)38)13-34-22-7-8-33-27(11-22)36-29(39)25-12-24(25)19-3-2-4-21(31)9-19/h2-4,7-11,14-15,18,24-25H,5-6,12-13,16-17H2,1H3,(H2,33,34,36,39)/t24-,25+/m1/s1. The number of carbonyl (C=O) groups excluding carboxylic acids is 1. The number of hydrogen-bond acceptors (Lipinski definition) is 5. The van der Waals surface area contributed by atoms with Crippen molar-refractivity contribution in [1.29, 1.82) is 0 Å². The van der Waals surface area contributed by atoms with Gasteiger partial charge in [-0.15, -0.1) is 0 Å². The number of nitrogens with one attached hydrogen (secondary N) is 2. The zero-order chi connectivity index (χ0) is 26.7. The number of imidazole rings is 1. The first-order valence-corrected chi connectivity index (χ1v) is 13.9. The molecule has 0 radical (unpaired) electrons. The molecule has 2 saturated carbocycles. The van der Waals surface area contributed by atoms with E-state index in [9.17, 15) is 4.79 Å². The summed E-state index contributed by atoms with van der Waals surface area (Å²) >= 11 is 6.11. The van der Waals surface area contributed by atoms with Gasteiger partial charge in [-0.1, -0.05) is 23.7 Å². The number of fused-ring (bicyclic) bond motifs is 1. The van der Waals surface area contributed by atoms with Gasteiger partial charge in [-0.25, -0.2) is 14.4 Å². The van der Waals surface area contributed by atoms with Crippen LogP contribution in [-0.4, -0.2) is 45.3 Å². The Morgan fingerprint density at radius 2 is 2.00 bits per heavy atom. The predicted octanol–water partition coefficient (Wildman–Crippen LogP) is 5.72. The van der Waals surface area contributed by atoms with Crippen LogP contribution in [0.1, 0.15) is 53.5 Å². The highest BCUT2D eigenvalue weighted by atomic mass is 35.5. The Morgan fingerprint density at radius 1 is 1.15 bits per heavy atom. The number of likely N-dealkylation sites (tertiary alicyclic amines) is 1. The summed E-state index contributed by atoms with van der Waals surface area (Å²) in [7, 11) is 1.94. The highest BCUT2D eigenvalue weighted by Gasteiger charge is 2.46. The van der Waals surface area contributed by atoms with Crippen molar-refractivity contribution in [3.63, 3.8) is 0 Å². The van der Waals surface area contributed by atoms with Crippen molar-refractivity contribution in [3.8, 4) is 0 Å². The molecule has 4 aromatic rings. The van der Waals surface area contributed by atoms with Crippen LogP contribution < -0.4 is 10.6 Å². The Hall–Kier alpha value is -3.49. The van der Waals surface area contributed by atoms with Gasteiger partial charge < -0.3 is 15.0 Å². The van der Waals surface area contributed by atoms with Gasteiger partial charge in [0, 0.05) is 59.9 Å². The number of benzene rings is 1. The maximum atomic E-state index is 15.7. The maximum Gasteiger partial charge on any atom is 0.229 e. The molecule has 2 N–H and O–H groups in total. The first-order valence-electron chi connectivity index (χ1n) is 13.5. The van der Waals surface area contributed by atoms with Crippen LogP contribution in [0.2, 0.25) is 5.02 Å². The maximum absolute atomic E-state index is 15.7. The molecule has 1 saturated heterocycles. The second kappa shape index (κ2) is 9.31. The lowest BCUT2D eigenvalue weighted by atomic mass is 9.88. The van der Waals surface area contributed by atoms with Gasteiger partial charge in [0.05, 0.1) is 12.2 Å². The third-order valence-corrected chi connectivity index (χ3v) is 8.32. The highest BCUT2D eigenvalue weighted by Crippen LogP contribution is 2.48. The molecule has 7 rings (SSSR count). The molecular weight excluding hydrogens is 515 g/mol. The summed E-state index contributed by atoms with van der Waals surface area (Å²) in [5.41, 5.74) is 3.96. The first-order chi connectivity index (χ1) is 18.8. The Bertz CT molecular complexity index is 1580. The van der Waals surface area contributed by atoms with Crippen molar-refractivity contribution in [2.24, 2.45) is 5.92 Å². The van der Waals surface area contributed by atoms with E-state index in [1.807, 2.05) is 65.0 Å². The highest BCUT2D eigenvalue weighted by molar-refractivity contribution is 6.30. The van der Waals surface area contributed by atoms with E-state index >= 15 is 4.39 Å². The molecule has 3 fully saturated rings. The van der Waals surface area contributed by atoms with Crippen molar-refractivity contribution in [3.05, 3.63) is 88.5 Å². The number of likely N-dealkylation sites (N-methyl/N-ethyl adjacent to an activating group) is 1. The van der Waals surface area contributed by atoms with Gasteiger partial charge >= 0.3 is 0 Å². The van der Waals surface area contributed by atoms with E-state index in [1.165, 1.54) is 5.56 Å². The number of carbonyl (C=O) groups is 1. The number of halogens is 2. The van der Waals surface area contributed by atoms with E-state index in [-0.39, 0.29) is 17.7 Å². The second-order valence-corrected chi connectivity index (χ2v) is 11.8. The fourth-order valence-corrected chi connectivity index (χ4v) is 6.02. The van der Waals surface area contributed by atoms with Crippen LogP contribution in [0, 0.1) is 5.92 Å². The van der Waals surface area contributed by atoms with Gasteiger partial charge in [-0.2, -0.15) is 0 Å². The Kier molecular flexibility index (Phi) is 5.86. The fourth-order valence-electron chi connectivity index (χ4n) is 5.82. The summed E-state index contributed by atoms with van der Waals surface area (Å²) in [5.74, 6) is 1.10. The molecule has 2 aliphatic carbocycles. The number of aromatic nitrogens is 3. The third-order valence-electron chi connectivity index (χ3n) is 8.08. The van der Waals surface area contributed by atoms with Gasteiger partial charge in [0.2, 0.25) is 5.91 Å². The summed E-state index contributed by atoms with van der Waals surface area (Å²) in [6.07, 6.45) is 8.89. The zero-order valence-corrected chi connectivity index (χ0v) is 22.5. The monoisotopic (exact) mass is 544 g/mol. The molecule has 0 spiro atoms. The molecule has 2 atom stereocenters. The molecule has 1 aromatic carbocycles. The molecule has 3 aliphatic rings. The summed E-state index contributed by atoms with van der Waals surface area (Å²) in [6.45, 7) is 1.25. The molecule has 39 heavy (non-hydrogen) atoms. The minimum absolute atomic E-state index is 0.0363. The van der Waals surface area contributed by atoms with Crippen LogP contribution in [0.5, 0.6) is 0 Å². The van der Waals surface area contributed by atoms with E-state index < -0.39 is 5.67 Å². The molecular formula is C30H30ClFN6O. The number of pyridine rings is 2. The zero-order valence-electron chi connectivity index (χ0n) is 21.7. The molecule has 3 aromatic heterocycles. The van der Waals surface area contributed by atoms with Crippen LogP contribution in [0.4, 0.5) is 15.9 Å². The average molecular weight is 545 g/mol. The minimum atomic E-state index is -1.36. The fraction of sp³-hybridized carbons (Fsp3) is 0.367. The van der Waals surface area contributed by atoms with Gasteiger partial charge in [-0.05, 0) is 73.5 Å². The number of hydrogen-bond donors (Lipinski definition) is 2. The molecule has 9 heteroatoms. The second-order valence-electron chi connectivity index (χ2n) is 11.3. The van der Waals surface area contributed by atoms with Crippen molar-refractivity contribution in [1.82, 2.24) is 19.3 Å². The molecule has 0 bridgehead atoms. The lowest BCUT2D eigenvalue weighted by molar-refractivity contribution is -0.117. The largest absolute Gasteiger partial charge is 0.379 e. The number of alkyl halides is 1. The van der Waals surface area contributed by atoms with E-state index in [4.69, 9.17) is 16.6 Å². The number of rotatable bonds is 8. The number of amides is 1. The minimum Gasteiger partial charge on any atom is -0.379 e. The first kappa shape index (κ1) is 24.5. The third kappa shape index (κ3) is 4.87. The summed E-state index contributed by atoms with van der Waals surface area (Å²) in [5, 5.41) is 7.02. The van der Waals surface area contributed by atoms with Crippen LogP contribution in [0.3, 0.4) is 0 Å². The summed E-state index contributed by atoms with van der Waals surface area (Å²) < 4.78 is 17.7. The molecule has 0 unspecified atom stereocenters. The Balaban J connectivity index is 1.04. The summed E-state index contributed by atoms with van der Waals surface area (Å²) in [4.78, 5) is 24.0. The van der Waals surface area contributed by atoms with E-state index in [1.54, 1.807) is 6.20 Å². The van der Waals surface area contributed by atoms with E-state index in [0.717, 1.165) is 36.2 Å². The van der Waals surface area contributed by atoms with Crippen LogP contribution >= 0.6 is 11.6 Å². The Morgan fingerprint density at radius 3 is 2.77 bits per heavy atom. The summed E-state index contributed by atoms with van der Waals surface area (Å²) in [6, 6.07) is 13.4. The normalized spacial score (nSPS) is 21.9. The quantitative estimate of drug-likeness (QED) is 0.296. The van der Waals surface area contributed by atoms with Crippen molar-refractivity contribution in [2.45, 2.75) is 43.3 Å². The van der Waals surface area contributed by atoms with Gasteiger partial charge in [0.25, 0.3) is 0 Å². The van der Waals surface area contributed by atoms with Gasteiger partial charge in [0.1, 0.15) is 11.5 Å². The van der Waals surface area contributed by atoms with Crippen molar-refractivity contribution >= 4 is 34.7 Å². The van der Waals surface area contributed by atoms with Crippen LogP contribution in [-0.2, 0) is 17.0 Å². The molecule has 1 aliphatic heterocycles. The van der Waals surface area contributed by atoms with E-state index in [0.29, 0.717) is 47.6 Å². The topological polar surface area (TPSA) is 74.6 Å². The van der Waals surface area contributed by atoms with Crippen molar-refractivity contribution in [2.75, 3.05) is 30.8 Å². The van der Waals surface area contributed by atoms with E-state index in [2.05, 4.69) is 21.8 Å². The average Bonchev–Trinajstić information content (AvgIpc) is 3.82. The Labute approximate surface area is 231 Å².